The van der Waals surface area contributed by atoms with E-state index < -0.39 is 21.5 Å². The third kappa shape index (κ3) is 10.6. The summed E-state index contributed by atoms with van der Waals surface area (Å²) in [6.07, 6.45) is 1.59. The first kappa shape index (κ1) is 42.7. The minimum absolute atomic E-state index is 0.0181. The second-order valence-corrected chi connectivity index (χ2v) is 15.4. The van der Waals surface area contributed by atoms with E-state index in [1.54, 1.807) is 22.4 Å². The molecular weight excluding hydrogens is 754 g/mol. The van der Waals surface area contributed by atoms with Gasteiger partial charge in [-0.15, -0.1) is 11.6 Å². The van der Waals surface area contributed by atoms with E-state index in [0.29, 0.717) is 37.7 Å². The average molecular weight is 802 g/mol. The maximum Gasteiger partial charge on any atom is 0.335 e. The molecule has 0 saturated carbocycles. The van der Waals surface area contributed by atoms with Crippen LogP contribution in [0.2, 0.25) is 0 Å². The van der Waals surface area contributed by atoms with Crippen LogP contribution in [0.3, 0.4) is 0 Å². The highest BCUT2D eigenvalue weighted by molar-refractivity contribution is 7.90. The number of nitrogens with one attached hydrogen (secondary N) is 2. The molecule has 1 aliphatic heterocycles. The zero-order valence-electron chi connectivity index (χ0n) is 32.3. The summed E-state index contributed by atoms with van der Waals surface area (Å²) in [4.78, 5) is 49.7. The van der Waals surface area contributed by atoms with Crippen LogP contribution in [0, 0.1) is 19.3 Å². The lowest BCUT2D eigenvalue weighted by atomic mass is 9.91. The van der Waals surface area contributed by atoms with Crippen LogP contribution in [-0.2, 0) is 45.5 Å². The maximum absolute atomic E-state index is 13.5. The molecule has 0 radical (unpaired) electrons. The monoisotopic (exact) mass is 801 g/mol. The molecule has 298 valence electrons. The Kier molecular flexibility index (Phi) is 14.4. The molecule has 18 heteroatoms. The quantitative estimate of drug-likeness (QED) is 0.152. The Labute approximate surface area is 325 Å². The van der Waals surface area contributed by atoms with E-state index in [0.717, 1.165) is 29.5 Å². The van der Waals surface area contributed by atoms with E-state index in [4.69, 9.17) is 30.5 Å². The lowest BCUT2D eigenvalue weighted by Gasteiger charge is -2.19. The van der Waals surface area contributed by atoms with Crippen LogP contribution in [0.15, 0.2) is 46.1 Å². The topological polar surface area (TPSA) is 195 Å². The van der Waals surface area contributed by atoms with Crippen LogP contribution < -0.4 is 29.8 Å². The summed E-state index contributed by atoms with van der Waals surface area (Å²) < 4.78 is 51.8. The highest BCUT2D eigenvalue weighted by Gasteiger charge is 2.32. The number of carbonyl (C=O) groups excluding carboxylic acids is 2. The summed E-state index contributed by atoms with van der Waals surface area (Å²) in [5.41, 5.74) is 3.99. The van der Waals surface area contributed by atoms with Crippen LogP contribution in [0.4, 0.5) is 10.7 Å². The zero-order valence-corrected chi connectivity index (χ0v) is 33.9. The van der Waals surface area contributed by atoms with Gasteiger partial charge in [-0.3, -0.25) is 14.9 Å². The second-order valence-electron chi connectivity index (χ2n) is 13.4. The number of aryl methyl sites for hydroxylation is 4. The minimum Gasteiger partial charge on any atom is -0.491 e. The molecule has 0 unspecified atom stereocenters. The van der Waals surface area contributed by atoms with Gasteiger partial charge in [0.1, 0.15) is 28.6 Å². The number of ether oxygens (including phenoxy) is 4. The summed E-state index contributed by atoms with van der Waals surface area (Å²) in [6.45, 7) is 15.2. The number of benzene rings is 2. The Balaban J connectivity index is 0.000000246. The maximum atomic E-state index is 13.5. The molecule has 5 rings (SSSR count). The van der Waals surface area contributed by atoms with Gasteiger partial charge in [0.2, 0.25) is 11.8 Å². The molecule has 2 amide bonds. The summed E-state index contributed by atoms with van der Waals surface area (Å²) in [5, 5.41) is 2.21. The third-order valence-corrected chi connectivity index (χ3v) is 9.70. The van der Waals surface area contributed by atoms with E-state index in [1.165, 1.54) is 30.9 Å². The molecule has 0 spiro atoms. The van der Waals surface area contributed by atoms with Crippen molar-refractivity contribution in [2.45, 2.75) is 79.3 Å². The lowest BCUT2D eigenvalue weighted by Crippen LogP contribution is -2.35. The SMILES string of the molecule is CCc1cc(C)cc(CC)c1-c1c(OC(=O)C(C)(C)C)n2n(c1=O)CCOCC2.COc1nc(C)nc(NC(=O)NS(=O)(=O)c2ccccc2OCCCl)n1. The van der Waals surface area contributed by atoms with Gasteiger partial charge in [-0.1, -0.05) is 43.7 Å². The van der Waals surface area contributed by atoms with E-state index in [-0.39, 0.29) is 52.4 Å². The standard InChI is InChI=1S/C23H32N2O4.C14H16ClN5O5S/c1-7-16-13-15(3)14-17(8-2)18(16)19-20(26)24-9-11-28-12-10-25(24)21(19)29-22(27)23(4,5)6;1-9-16-12(19-14(17-9)24-2)18-13(21)20-26(22,23)11-6-4-3-5-10(11)25-8-7-15/h13-14H,7-12H2,1-6H3;3-6H,7-8H2,1-2H3,(H2,16,17,18,19,20,21). The molecule has 0 fully saturated rings. The van der Waals surface area contributed by atoms with Gasteiger partial charge in [-0.25, -0.2) is 27.3 Å². The number of nitrogens with zero attached hydrogens (tertiary/aromatic N) is 5. The molecule has 0 aliphatic carbocycles. The number of esters is 1. The van der Waals surface area contributed by atoms with Crippen molar-refractivity contribution in [3.05, 3.63) is 69.3 Å². The van der Waals surface area contributed by atoms with Crippen LogP contribution in [-0.4, -0.2) is 77.5 Å². The summed E-state index contributed by atoms with van der Waals surface area (Å²) in [6, 6.07) is 9.04. The Morgan fingerprint density at radius 2 is 1.60 bits per heavy atom. The Hall–Kier alpha value is -5.00. The number of methoxy groups -OCH3 is 1. The molecule has 2 N–H and O–H groups in total. The van der Waals surface area contributed by atoms with Crippen molar-refractivity contribution in [3.8, 4) is 28.8 Å². The molecule has 4 aromatic rings. The van der Waals surface area contributed by atoms with Gasteiger partial charge in [-0.2, -0.15) is 15.0 Å². The van der Waals surface area contributed by atoms with Crippen molar-refractivity contribution < 1.29 is 37.0 Å². The van der Waals surface area contributed by atoms with Crippen molar-refractivity contribution in [2.24, 2.45) is 5.41 Å². The molecule has 2 aromatic carbocycles. The van der Waals surface area contributed by atoms with Gasteiger partial charge in [-0.05, 0) is 76.3 Å². The van der Waals surface area contributed by atoms with Crippen LogP contribution >= 0.6 is 11.6 Å². The highest BCUT2D eigenvalue weighted by atomic mass is 35.5. The Bertz CT molecular complexity index is 2150. The van der Waals surface area contributed by atoms with Crippen LogP contribution in [0.5, 0.6) is 17.6 Å². The average Bonchev–Trinajstić information content (AvgIpc) is 3.26. The van der Waals surface area contributed by atoms with Gasteiger partial charge in [0.05, 0.1) is 44.7 Å². The molecule has 55 heavy (non-hydrogen) atoms. The molecule has 16 nitrogen and oxygen atoms in total. The van der Waals surface area contributed by atoms with Gasteiger partial charge < -0.3 is 18.9 Å². The minimum atomic E-state index is -4.20. The highest BCUT2D eigenvalue weighted by Crippen LogP contribution is 2.36. The number of rotatable bonds is 11. The van der Waals surface area contributed by atoms with Gasteiger partial charge in [0.25, 0.3) is 15.6 Å². The number of alkyl halides is 1. The molecule has 1 aliphatic rings. The number of anilines is 1. The number of hydrogen-bond acceptors (Lipinski definition) is 12. The Morgan fingerprint density at radius 1 is 0.964 bits per heavy atom. The molecule has 0 saturated heterocycles. The third-order valence-electron chi connectivity index (χ3n) is 8.18. The summed E-state index contributed by atoms with van der Waals surface area (Å²) >= 11 is 5.55. The van der Waals surface area contributed by atoms with Crippen molar-refractivity contribution in [1.82, 2.24) is 29.0 Å². The molecule has 0 bridgehead atoms. The fraction of sp³-hybridized carbons (Fsp3) is 0.459. The summed E-state index contributed by atoms with van der Waals surface area (Å²) in [7, 11) is -2.85. The number of halogens is 1. The lowest BCUT2D eigenvalue weighted by molar-refractivity contribution is -0.143. The molecule has 0 atom stereocenters. The number of urea groups is 1. The van der Waals surface area contributed by atoms with Gasteiger partial charge in [0, 0.05) is 0 Å². The van der Waals surface area contributed by atoms with Crippen molar-refractivity contribution in [2.75, 3.05) is 38.1 Å². The fourth-order valence-corrected chi connectivity index (χ4v) is 6.78. The number of hydrogen-bond donors (Lipinski definition) is 2. The predicted molar refractivity (Wildman–Crippen MR) is 207 cm³/mol. The number of amides is 2. The second kappa shape index (κ2) is 18.6. The van der Waals surface area contributed by atoms with E-state index in [2.05, 4.69) is 53.2 Å². The number of sulfonamides is 1. The number of carbonyl (C=O) groups is 2. The van der Waals surface area contributed by atoms with Crippen LogP contribution in [0.1, 0.15) is 57.1 Å². The Morgan fingerprint density at radius 3 is 2.20 bits per heavy atom. The van der Waals surface area contributed by atoms with Crippen molar-refractivity contribution >= 4 is 39.6 Å². The number of aromatic nitrogens is 5. The van der Waals surface area contributed by atoms with Gasteiger partial charge in [0.15, 0.2) is 0 Å². The number of para-hydroxylation sites is 1. The predicted octanol–water partition coefficient (Wildman–Crippen LogP) is 5.05. The van der Waals surface area contributed by atoms with E-state index in [9.17, 15) is 22.8 Å². The van der Waals surface area contributed by atoms with Gasteiger partial charge >= 0.3 is 18.0 Å². The zero-order chi connectivity index (χ0) is 40.5. The van der Waals surface area contributed by atoms with Crippen LogP contribution in [0.25, 0.3) is 11.1 Å². The first-order valence-electron chi connectivity index (χ1n) is 17.7. The largest absolute Gasteiger partial charge is 0.491 e. The van der Waals surface area contributed by atoms with E-state index >= 15 is 0 Å². The molecule has 3 heterocycles. The smallest absolute Gasteiger partial charge is 0.335 e. The first-order chi connectivity index (χ1) is 26.0. The normalized spacial score (nSPS) is 12.7. The number of fused-ring (bicyclic) bond motifs is 1. The summed E-state index contributed by atoms with van der Waals surface area (Å²) in [5.74, 6) is 0.374. The first-order valence-corrected chi connectivity index (χ1v) is 19.7. The molecule has 2 aromatic heterocycles. The van der Waals surface area contributed by atoms with E-state index in [1.807, 2.05) is 25.5 Å². The van der Waals surface area contributed by atoms with Crippen molar-refractivity contribution in [1.29, 1.82) is 0 Å². The van der Waals surface area contributed by atoms with Crippen molar-refractivity contribution in [3.63, 3.8) is 0 Å². The molecular formula is C37H48ClN7O9S. The fourth-order valence-electron chi connectivity index (χ4n) is 5.65.